The van der Waals surface area contributed by atoms with Gasteiger partial charge in [-0.2, -0.15) is 0 Å². The molecule has 0 saturated carbocycles. The predicted octanol–water partition coefficient (Wildman–Crippen LogP) is 4.06. The van der Waals surface area contributed by atoms with Crippen LogP contribution in [0.2, 0.25) is 0 Å². The van der Waals surface area contributed by atoms with E-state index in [4.69, 9.17) is 0 Å². The third kappa shape index (κ3) is 3.12. The van der Waals surface area contributed by atoms with Crippen molar-refractivity contribution in [2.75, 3.05) is 6.54 Å². The Morgan fingerprint density at radius 1 is 1.10 bits per heavy atom. The third-order valence-corrected chi connectivity index (χ3v) is 4.66. The van der Waals surface area contributed by atoms with E-state index in [1.54, 1.807) is 0 Å². The first-order valence-electron chi connectivity index (χ1n) is 7.77. The Bertz CT molecular complexity index is 473. The van der Waals surface area contributed by atoms with Crippen LogP contribution in [0, 0.1) is 20.8 Å². The number of aryl methyl sites for hydroxylation is 3. The Balaban J connectivity index is 2.20. The Hall–Kier alpha value is -1.15. The van der Waals surface area contributed by atoms with Crippen LogP contribution in [-0.4, -0.2) is 29.3 Å². The average Bonchev–Trinajstić information content (AvgIpc) is 2.32. The number of Topliss-reactive ketones (excluding diaryl/α,β-unsaturated/α-hetero) is 1. The number of benzene rings is 1. The summed E-state index contributed by atoms with van der Waals surface area (Å²) in [5.41, 5.74) is 4.39. The second kappa shape index (κ2) is 6.09. The Morgan fingerprint density at radius 2 is 1.60 bits per heavy atom. The lowest BCUT2D eigenvalue weighted by Crippen LogP contribution is -2.46. The topological polar surface area (TPSA) is 20.3 Å². The van der Waals surface area contributed by atoms with Crippen LogP contribution in [0.25, 0.3) is 0 Å². The van der Waals surface area contributed by atoms with Crippen LogP contribution >= 0.6 is 0 Å². The molecule has 0 amide bonds. The van der Waals surface area contributed by atoms with E-state index in [1.165, 1.54) is 24.8 Å². The molecule has 0 N–H and O–H groups in total. The van der Waals surface area contributed by atoms with Crippen molar-refractivity contribution >= 4 is 5.78 Å². The maximum Gasteiger partial charge on any atom is 0.177 e. The van der Waals surface area contributed by atoms with Crippen LogP contribution < -0.4 is 0 Å². The molecule has 1 heterocycles. The maximum absolute atomic E-state index is 12.7. The Morgan fingerprint density at radius 3 is 2.10 bits per heavy atom. The van der Waals surface area contributed by atoms with Crippen molar-refractivity contribution in [2.24, 2.45) is 0 Å². The van der Waals surface area contributed by atoms with E-state index in [0.29, 0.717) is 18.6 Å². The van der Waals surface area contributed by atoms with Gasteiger partial charge in [-0.15, -0.1) is 0 Å². The van der Waals surface area contributed by atoms with Crippen LogP contribution in [0.3, 0.4) is 0 Å². The van der Waals surface area contributed by atoms with Crippen LogP contribution in [-0.2, 0) is 0 Å². The van der Waals surface area contributed by atoms with Gasteiger partial charge in [-0.3, -0.25) is 9.69 Å². The molecule has 2 unspecified atom stereocenters. The van der Waals surface area contributed by atoms with Gasteiger partial charge in [-0.05, 0) is 58.6 Å². The van der Waals surface area contributed by atoms with Crippen LogP contribution in [0.5, 0.6) is 0 Å². The molecule has 110 valence electrons. The molecule has 1 aliphatic heterocycles. The van der Waals surface area contributed by atoms with Gasteiger partial charge >= 0.3 is 0 Å². The molecule has 0 aliphatic carbocycles. The standard InChI is InChI=1S/C18H27NO/c1-12-9-13(2)18(14(3)10-12)17(20)11-19-15(4)7-6-8-16(19)5/h9-10,15-16H,6-8,11H2,1-5H3. The zero-order valence-corrected chi connectivity index (χ0v) is 13.5. The molecule has 1 fully saturated rings. The Kier molecular flexibility index (Phi) is 4.64. The molecule has 1 saturated heterocycles. The zero-order valence-electron chi connectivity index (χ0n) is 13.5. The summed E-state index contributed by atoms with van der Waals surface area (Å²) in [5, 5.41) is 0. The van der Waals surface area contributed by atoms with Crippen molar-refractivity contribution in [3.8, 4) is 0 Å². The van der Waals surface area contributed by atoms with E-state index >= 15 is 0 Å². The van der Waals surface area contributed by atoms with Crippen molar-refractivity contribution < 1.29 is 4.79 Å². The number of piperidine rings is 1. The van der Waals surface area contributed by atoms with E-state index in [1.807, 2.05) is 0 Å². The predicted molar refractivity (Wildman–Crippen MR) is 84.5 cm³/mol. The number of ketones is 1. The summed E-state index contributed by atoms with van der Waals surface area (Å²) in [5.74, 6) is 0.278. The fraction of sp³-hybridized carbons (Fsp3) is 0.611. The molecular formula is C18H27NO. The summed E-state index contributed by atoms with van der Waals surface area (Å²) in [6.07, 6.45) is 3.71. The quantitative estimate of drug-likeness (QED) is 0.774. The second-order valence-corrected chi connectivity index (χ2v) is 6.50. The van der Waals surface area contributed by atoms with Crippen molar-refractivity contribution in [3.63, 3.8) is 0 Å². The SMILES string of the molecule is Cc1cc(C)c(C(=O)CN2C(C)CCCC2C)c(C)c1. The summed E-state index contributed by atoms with van der Waals surface area (Å²) in [6.45, 7) is 11.2. The van der Waals surface area contributed by atoms with Crippen LogP contribution in [0.15, 0.2) is 12.1 Å². The molecule has 1 aromatic rings. The highest BCUT2D eigenvalue weighted by Gasteiger charge is 2.27. The van der Waals surface area contributed by atoms with E-state index in [-0.39, 0.29) is 5.78 Å². The van der Waals surface area contributed by atoms with Crippen molar-refractivity contribution in [2.45, 2.75) is 66.0 Å². The molecule has 2 rings (SSSR count). The molecule has 2 nitrogen and oxygen atoms in total. The minimum Gasteiger partial charge on any atom is -0.293 e. The van der Waals surface area contributed by atoms with Crippen LogP contribution in [0.4, 0.5) is 0 Å². The molecule has 0 bridgehead atoms. The molecule has 0 radical (unpaired) electrons. The number of hydrogen-bond donors (Lipinski definition) is 0. The van der Waals surface area contributed by atoms with E-state index < -0.39 is 0 Å². The second-order valence-electron chi connectivity index (χ2n) is 6.50. The molecule has 2 heteroatoms. The van der Waals surface area contributed by atoms with E-state index in [0.717, 1.165) is 16.7 Å². The summed E-state index contributed by atoms with van der Waals surface area (Å²) >= 11 is 0. The summed E-state index contributed by atoms with van der Waals surface area (Å²) in [6, 6.07) is 5.27. The monoisotopic (exact) mass is 273 g/mol. The smallest absolute Gasteiger partial charge is 0.177 e. The summed E-state index contributed by atoms with van der Waals surface area (Å²) in [4.78, 5) is 15.1. The maximum atomic E-state index is 12.7. The number of hydrogen-bond acceptors (Lipinski definition) is 2. The first-order valence-corrected chi connectivity index (χ1v) is 7.77. The van der Waals surface area contributed by atoms with Gasteiger partial charge in [0.25, 0.3) is 0 Å². The number of rotatable bonds is 3. The highest BCUT2D eigenvalue weighted by atomic mass is 16.1. The van der Waals surface area contributed by atoms with Gasteiger partial charge in [-0.1, -0.05) is 24.1 Å². The van der Waals surface area contributed by atoms with Gasteiger partial charge in [0.1, 0.15) is 0 Å². The van der Waals surface area contributed by atoms with Gasteiger partial charge in [-0.25, -0.2) is 0 Å². The summed E-state index contributed by atoms with van der Waals surface area (Å²) in [7, 11) is 0. The minimum absolute atomic E-state index is 0.278. The minimum atomic E-state index is 0.278. The molecule has 0 aromatic heterocycles. The van der Waals surface area contributed by atoms with E-state index in [2.05, 4.69) is 51.7 Å². The normalized spacial score (nSPS) is 23.9. The third-order valence-electron chi connectivity index (χ3n) is 4.66. The average molecular weight is 273 g/mol. The van der Waals surface area contributed by atoms with Crippen molar-refractivity contribution in [3.05, 3.63) is 34.4 Å². The zero-order chi connectivity index (χ0) is 14.9. The first kappa shape index (κ1) is 15.2. The largest absolute Gasteiger partial charge is 0.293 e. The fourth-order valence-electron chi connectivity index (χ4n) is 3.65. The lowest BCUT2D eigenvalue weighted by atomic mass is 9.93. The lowest BCUT2D eigenvalue weighted by Gasteiger charge is -2.38. The van der Waals surface area contributed by atoms with Gasteiger partial charge in [0.05, 0.1) is 6.54 Å². The fourth-order valence-corrected chi connectivity index (χ4v) is 3.65. The molecule has 20 heavy (non-hydrogen) atoms. The van der Waals surface area contributed by atoms with Gasteiger partial charge < -0.3 is 0 Å². The number of carbonyl (C=O) groups is 1. The van der Waals surface area contributed by atoms with Crippen molar-refractivity contribution in [1.82, 2.24) is 4.90 Å². The molecule has 1 aliphatic rings. The van der Waals surface area contributed by atoms with E-state index in [9.17, 15) is 4.79 Å². The highest BCUT2D eigenvalue weighted by Crippen LogP contribution is 2.24. The molecular weight excluding hydrogens is 246 g/mol. The highest BCUT2D eigenvalue weighted by molar-refractivity contribution is 6.00. The molecule has 1 aromatic carbocycles. The number of likely N-dealkylation sites (tertiary alicyclic amines) is 1. The first-order chi connectivity index (χ1) is 9.40. The Labute approximate surface area is 123 Å². The van der Waals surface area contributed by atoms with Gasteiger partial charge in [0, 0.05) is 17.6 Å². The molecule has 2 atom stereocenters. The van der Waals surface area contributed by atoms with Gasteiger partial charge in [0.2, 0.25) is 0 Å². The van der Waals surface area contributed by atoms with Crippen LogP contribution in [0.1, 0.15) is 60.2 Å². The lowest BCUT2D eigenvalue weighted by molar-refractivity contribution is 0.0733. The number of nitrogens with zero attached hydrogens (tertiary/aromatic N) is 1. The van der Waals surface area contributed by atoms with Crippen molar-refractivity contribution in [1.29, 1.82) is 0 Å². The molecule has 0 spiro atoms. The number of carbonyl (C=O) groups excluding carboxylic acids is 1. The van der Waals surface area contributed by atoms with Gasteiger partial charge in [0.15, 0.2) is 5.78 Å². The summed E-state index contributed by atoms with van der Waals surface area (Å²) < 4.78 is 0.